The Kier molecular flexibility index (Phi) is 4.41. The van der Waals surface area contributed by atoms with E-state index in [9.17, 15) is 17.9 Å². The Morgan fingerprint density at radius 2 is 2.09 bits per heavy atom. The molecule has 0 radical (unpaired) electrons. The van der Waals surface area contributed by atoms with Crippen LogP contribution in [-0.2, 0) is 10.0 Å². The molecule has 1 N–H and O–H groups in total. The van der Waals surface area contributed by atoms with Gasteiger partial charge in [-0.2, -0.15) is 4.31 Å². The maximum Gasteiger partial charge on any atom is 0.222 e. The SMILES string of the molecule is [C-]#[N+]c1cc2c(cc1F)OC(C)(C)C(O)C2N(C)S(=O)(=O)CC. The van der Waals surface area contributed by atoms with Gasteiger partial charge < -0.3 is 9.84 Å². The second-order valence-electron chi connectivity index (χ2n) is 5.97. The predicted octanol–water partition coefficient (Wildman–Crippen LogP) is 2.23. The van der Waals surface area contributed by atoms with Gasteiger partial charge in [-0.05, 0) is 26.8 Å². The summed E-state index contributed by atoms with van der Waals surface area (Å²) >= 11 is 0. The predicted molar refractivity (Wildman–Crippen MR) is 83.3 cm³/mol. The lowest BCUT2D eigenvalue weighted by Crippen LogP contribution is -2.54. The average Bonchev–Trinajstić information content (AvgIpc) is 2.47. The van der Waals surface area contributed by atoms with Crippen LogP contribution < -0.4 is 4.74 Å². The summed E-state index contributed by atoms with van der Waals surface area (Å²) in [5, 5.41) is 10.6. The summed E-state index contributed by atoms with van der Waals surface area (Å²) in [6.45, 7) is 11.7. The molecule has 1 heterocycles. The van der Waals surface area contributed by atoms with Crippen molar-refractivity contribution in [1.29, 1.82) is 0 Å². The molecule has 0 saturated heterocycles. The molecule has 1 aliphatic rings. The van der Waals surface area contributed by atoms with Crippen LogP contribution in [0.15, 0.2) is 12.1 Å². The highest BCUT2D eigenvalue weighted by atomic mass is 32.2. The van der Waals surface area contributed by atoms with Gasteiger partial charge in [0, 0.05) is 18.7 Å². The Labute approximate surface area is 135 Å². The van der Waals surface area contributed by atoms with Crippen LogP contribution >= 0.6 is 0 Å². The Hall–Kier alpha value is -1.69. The van der Waals surface area contributed by atoms with Crippen molar-refractivity contribution in [2.75, 3.05) is 12.8 Å². The van der Waals surface area contributed by atoms with Gasteiger partial charge in [0.25, 0.3) is 0 Å². The van der Waals surface area contributed by atoms with Crippen LogP contribution in [0.25, 0.3) is 4.85 Å². The van der Waals surface area contributed by atoms with Gasteiger partial charge >= 0.3 is 0 Å². The third-order valence-corrected chi connectivity index (χ3v) is 5.93. The lowest BCUT2D eigenvalue weighted by molar-refractivity contribution is -0.0764. The van der Waals surface area contributed by atoms with Crippen molar-refractivity contribution >= 4 is 15.7 Å². The molecule has 2 unspecified atom stereocenters. The fourth-order valence-electron chi connectivity index (χ4n) is 2.63. The van der Waals surface area contributed by atoms with Crippen molar-refractivity contribution < 1.29 is 22.7 Å². The molecule has 2 rings (SSSR count). The number of fused-ring (bicyclic) bond motifs is 1. The number of likely N-dealkylation sites (N-methyl/N-ethyl adjacent to an activating group) is 1. The summed E-state index contributed by atoms with van der Waals surface area (Å²) in [5.41, 5.74) is -1.07. The van der Waals surface area contributed by atoms with Gasteiger partial charge in [-0.15, -0.1) is 0 Å². The molecule has 1 aromatic carbocycles. The van der Waals surface area contributed by atoms with Crippen molar-refractivity contribution in [1.82, 2.24) is 4.31 Å². The van der Waals surface area contributed by atoms with Crippen LogP contribution in [0.1, 0.15) is 32.4 Å². The quantitative estimate of drug-likeness (QED) is 0.855. The standard InChI is InChI=1S/C15H19FN2O4S/c1-6-23(20,21)18(5)13-9-7-11(17-4)10(16)8-12(9)22-15(2,3)14(13)19/h7-8,13-14,19H,6H2,1-3,5H3. The van der Waals surface area contributed by atoms with E-state index in [2.05, 4.69) is 4.85 Å². The average molecular weight is 342 g/mol. The number of halogens is 1. The highest BCUT2D eigenvalue weighted by molar-refractivity contribution is 7.89. The van der Waals surface area contributed by atoms with E-state index in [4.69, 9.17) is 11.3 Å². The zero-order chi connectivity index (χ0) is 17.6. The molecule has 8 heteroatoms. The fourth-order valence-corrected chi connectivity index (χ4v) is 3.61. The number of ether oxygens (including phenoxy) is 1. The Morgan fingerprint density at radius 3 is 2.61 bits per heavy atom. The summed E-state index contributed by atoms with van der Waals surface area (Å²) in [6, 6.07) is 1.35. The number of aliphatic hydroxyl groups is 1. The van der Waals surface area contributed by atoms with Gasteiger partial charge in [-0.1, -0.05) is 0 Å². The van der Waals surface area contributed by atoms with Crippen molar-refractivity contribution in [3.63, 3.8) is 0 Å². The maximum atomic E-state index is 13.9. The number of hydrogen-bond acceptors (Lipinski definition) is 4. The molecule has 1 aromatic rings. The normalized spacial score (nSPS) is 23.0. The topological polar surface area (TPSA) is 71.2 Å². The molecule has 2 atom stereocenters. The van der Waals surface area contributed by atoms with Crippen LogP contribution in [0.5, 0.6) is 5.75 Å². The van der Waals surface area contributed by atoms with Crippen LogP contribution in [0.2, 0.25) is 0 Å². The van der Waals surface area contributed by atoms with E-state index in [-0.39, 0.29) is 22.8 Å². The summed E-state index contributed by atoms with van der Waals surface area (Å²) in [6.07, 6.45) is -1.18. The van der Waals surface area contributed by atoms with E-state index >= 15 is 0 Å². The van der Waals surface area contributed by atoms with Gasteiger partial charge in [0.1, 0.15) is 23.3 Å². The van der Waals surface area contributed by atoms with Crippen LogP contribution in [0.4, 0.5) is 10.1 Å². The number of sulfonamides is 1. The second-order valence-corrected chi connectivity index (χ2v) is 8.28. The summed E-state index contributed by atoms with van der Waals surface area (Å²) in [5.74, 6) is -0.751. The first-order chi connectivity index (χ1) is 10.5. The third-order valence-electron chi connectivity index (χ3n) is 4.10. The molecule has 0 spiro atoms. The van der Waals surface area contributed by atoms with Gasteiger partial charge in [-0.25, -0.2) is 17.7 Å². The van der Waals surface area contributed by atoms with E-state index < -0.39 is 33.6 Å². The highest BCUT2D eigenvalue weighted by Gasteiger charge is 2.47. The van der Waals surface area contributed by atoms with Gasteiger partial charge in [0.05, 0.1) is 18.4 Å². The van der Waals surface area contributed by atoms with Gasteiger partial charge in [0.15, 0.2) is 0 Å². The first-order valence-electron chi connectivity index (χ1n) is 7.09. The molecular weight excluding hydrogens is 323 g/mol. The molecule has 0 fully saturated rings. The fraction of sp³-hybridized carbons (Fsp3) is 0.533. The Balaban J connectivity index is 2.69. The molecule has 23 heavy (non-hydrogen) atoms. The smallest absolute Gasteiger partial charge is 0.222 e. The van der Waals surface area contributed by atoms with E-state index in [1.54, 1.807) is 13.8 Å². The maximum absolute atomic E-state index is 13.9. The highest BCUT2D eigenvalue weighted by Crippen LogP contribution is 2.45. The van der Waals surface area contributed by atoms with E-state index in [0.29, 0.717) is 0 Å². The van der Waals surface area contributed by atoms with E-state index in [0.717, 1.165) is 10.4 Å². The van der Waals surface area contributed by atoms with Crippen molar-refractivity contribution in [2.45, 2.75) is 38.5 Å². The van der Waals surface area contributed by atoms with Gasteiger partial charge in [-0.3, -0.25) is 0 Å². The third kappa shape index (κ3) is 2.92. The lowest BCUT2D eigenvalue weighted by Gasteiger charge is -2.45. The zero-order valence-corrected chi connectivity index (χ0v) is 14.2. The lowest BCUT2D eigenvalue weighted by atomic mass is 9.86. The molecule has 0 saturated carbocycles. The van der Waals surface area contributed by atoms with Crippen molar-refractivity contribution in [2.24, 2.45) is 0 Å². The molecule has 0 bridgehead atoms. The molecule has 0 amide bonds. The first kappa shape index (κ1) is 17.7. The van der Waals surface area contributed by atoms with Gasteiger partial charge in [0.2, 0.25) is 15.7 Å². The van der Waals surface area contributed by atoms with Crippen molar-refractivity contribution in [3.05, 3.63) is 34.9 Å². The van der Waals surface area contributed by atoms with Crippen molar-refractivity contribution in [3.8, 4) is 5.75 Å². The molecule has 1 aliphatic heterocycles. The van der Waals surface area contributed by atoms with Crippen LogP contribution in [0, 0.1) is 12.4 Å². The number of rotatable bonds is 3. The first-order valence-corrected chi connectivity index (χ1v) is 8.69. The number of aliphatic hydroxyl groups excluding tert-OH is 1. The number of nitrogens with zero attached hydrogens (tertiary/aromatic N) is 2. The number of hydrogen-bond donors (Lipinski definition) is 1. The summed E-state index contributed by atoms with van der Waals surface area (Å²) in [7, 11) is -2.25. The summed E-state index contributed by atoms with van der Waals surface area (Å²) in [4.78, 5) is 3.09. The van der Waals surface area contributed by atoms with Crippen LogP contribution in [0.3, 0.4) is 0 Å². The Bertz CT molecular complexity index is 770. The minimum atomic E-state index is -3.61. The number of benzene rings is 1. The molecule has 126 valence electrons. The minimum absolute atomic E-state index is 0.133. The molecule has 0 aromatic heterocycles. The second kappa shape index (κ2) is 5.74. The zero-order valence-electron chi connectivity index (χ0n) is 13.4. The summed E-state index contributed by atoms with van der Waals surface area (Å²) < 4.78 is 45.0. The Morgan fingerprint density at radius 1 is 1.48 bits per heavy atom. The minimum Gasteiger partial charge on any atom is -0.485 e. The molecule has 6 nitrogen and oxygen atoms in total. The molecule has 0 aliphatic carbocycles. The largest absolute Gasteiger partial charge is 0.485 e. The monoisotopic (exact) mass is 342 g/mol. The van der Waals surface area contributed by atoms with Crippen LogP contribution in [-0.4, -0.2) is 42.3 Å². The van der Waals surface area contributed by atoms with E-state index in [1.165, 1.54) is 20.0 Å². The van der Waals surface area contributed by atoms with E-state index in [1.807, 2.05) is 0 Å². The molecular formula is C15H19FN2O4S.